The van der Waals surface area contributed by atoms with Gasteiger partial charge in [-0.3, -0.25) is 4.79 Å². The number of amidine groups is 1. The Morgan fingerprint density at radius 2 is 2.00 bits per heavy atom. The van der Waals surface area contributed by atoms with Crippen molar-refractivity contribution in [1.29, 1.82) is 0 Å². The van der Waals surface area contributed by atoms with Crippen LogP contribution in [0.5, 0.6) is 0 Å². The number of rotatable bonds is 2. The highest BCUT2D eigenvalue weighted by atomic mass is 32.2. The van der Waals surface area contributed by atoms with Gasteiger partial charge in [-0.2, -0.15) is 0 Å². The van der Waals surface area contributed by atoms with Crippen molar-refractivity contribution >= 4 is 34.6 Å². The Labute approximate surface area is 120 Å². The first-order valence-electron chi connectivity index (χ1n) is 6.12. The van der Waals surface area contributed by atoms with Crippen LogP contribution in [0, 0.1) is 6.92 Å². The Balaban J connectivity index is 1.82. The maximum Gasteiger partial charge on any atom is 0.264 e. The summed E-state index contributed by atoms with van der Waals surface area (Å²) in [6, 6.07) is 13.2. The molecule has 0 saturated carbocycles. The number of amides is 1. The Morgan fingerprint density at radius 1 is 1.20 bits per heavy atom. The lowest BCUT2D eigenvalue weighted by Gasteiger charge is -1.94. The molecule has 100 valence electrons. The molecule has 0 spiro atoms. The molecule has 1 amide bonds. The molecule has 4 nitrogen and oxygen atoms in total. The minimum atomic E-state index is -0.154. The minimum absolute atomic E-state index is 0.154. The summed E-state index contributed by atoms with van der Waals surface area (Å²) in [5.41, 5.74) is 0.811. The zero-order chi connectivity index (χ0) is 13.9. The second-order valence-corrected chi connectivity index (χ2v) is 5.30. The van der Waals surface area contributed by atoms with Gasteiger partial charge in [0.1, 0.15) is 11.5 Å². The Kier molecular flexibility index (Phi) is 3.43. The predicted molar refractivity (Wildman–Crippen MR) is 80.7 cm³/mol. The smallest absolute Gasteiger partial charge is 0.264 e. The quantitative estimate of drug-likeness (QED) is 0.859. The van der Waals surface area contributed by atoms with Crippen molar-refractivity contribution in [1.82, 2.24) is 5.32 Å². The number of furan rings is 1. The van der Waals surface area contributed by atoms with E-state index in [1.54, 1.807) is 6.08 Å². The molecule has 0 aliphatic carbocycles. The first kappa shape index (κ1) is 12.7. The molecule has 1 aromatic carbocycles. The van der Waals surface area contributed by atoms with Crippen molar-refractivity contribution in [2.24, 2.45) is 4.99 Å². The van der Waals surface area contributed by atoms with E-state index >= 15 is 0 Å². The van der Waals surface area contributed by atoms with E-state index in [9.17, 15) is 4.79 Å². The molecular weight excluding hydrogens is 272 g/mol. The first-order valence-corrected chi connectivity index (χ1v) is 6.93. The predicted octanol–water partition coefficient (Wildman–Crippen LogP) is 3.48. The molecule has 1 aliphatic heterocycles. The number of nitrogens with one attached hydrogen (secondary N) is 1. The number of hydrogen-bond donors (Lipinski definition) is 1. The molecule has 0 radical (unpaired) electrons. The van der Waals surface area contributed by atoms with Crippen LogP contribution in [0.3, 0.4) is 0 Å². The van der Waals surface area contributed by atoms with Gasteiger partial charge in [0.05, 0.1) is 10.6 Å². The maximum absolute atomic E-state index is 11.9. The highest BCUT2D eigenvalue weighted by Crippen LogP contribution is 2.28. The fraction of sp³-hybridized carbons (Fsp3) is 0.0667. The third-order valence-corrected chi connectivity index (χ3v) is 3.58. The topological polar surface area (TPSA) is 54.6 Å². The van der Waals surface area contributed by atoms with E-state index < -0.39 is 0 Å². The summed E-state index contributed by atoms with van der Waals surface area (Å²) >= 11 is 1.31. The molecule has 2 aromatic rings. The van der Waals surface area contributed by atoms with Crippen LogP contribution in [-0.2, 0) is 4.79 Å². The molecule has 0 atom stereocenters. The molecule has 1 aliphatic rings. The summed E-state index contributed by atoms with van der Waals surface area (Å²) in [5, 5.41) is 3.32. The lowest BCUT2D eigenvalue weighted by Crippen LogP contribution is -2.19. The molecular formula is C15H12N2O2S. The summed E-state index contributed by atoms with van der Waals surface area (Å²) in [6.07, 6.45) is 1.72. The first-order chi connectivity index (χ1) is 9.70. The van der Waals surface area contributed by atoms with E-state index in [4.69, 9.17) is 4.42 Å². The van der Waals surface area contributed by atoms with Gasteiger partial charge >= 0.3 is 0 Å². The molecule has 1 N–H and O–H groups in total. The number of carbonyl (C=O) groups excluding carboxylic acids is 1. The van der Waals surface area contributed by atoms with Crippen molar-refractivity contribution < 1.29 is 9.21 Å². The fourth-order valence-corrected chi connectivity index (χ4v) is 2.58. The van der Waals surface area contributed by atoms with Crippen LogP contribution < -0.4 is 5.32 Å². The summed E-state index contributed by atoms with van der Waals surface area (Å²) in [5.74, 6) is 1.33. The van der Waals surface area contributed by atoms with Gasteiger partial charge in [0.15, 0.2) is 5.17 Å². The highest BCUT2D eigenvalue weighted by molar-refractivity contribution is 8.18. The largest absolute Gasteiger partial charge is 0.462 e. The van der Waals surface area contributed by atoms with Crippen molar-refractivity contribution in [2.75, 3.05) is 0 Å². The standard InChI is InChI=1S/C15H12N2O2S/c1-10-7-8-12(19-10)9-13-14(18)17-15(20-13)16-11-5-3-2-4-6-11/h2-9H,1H3,(H,16,17,18). The fourth-order valence-electron chi connectivity index (χ4n) is 1.76. The van der Waals surface area contributed by atoms with Crippen molar-refractivity contribution in [3.8, 4) is 0 Å². The summed E-state index contributed by atoms with van der Waals surface area (Å²) in [7, 11) is 0. The third-order valence-electron chi connectivity index (χ3n) is 2.67. The summed E-state index contributed by atoms with van der Waals surface area (Å²) in [4.78, 5) is 16.8. The zero-order valence-corrected chi connectivity index (χ0v) is 11.6. The van der Waals surface area contributed by atoms with Gasteiger partial charge in [-0.25, -0.2) is 4.99 Å². The molecule has 5 heteroatoms. The van der Waals surface area contributed by atoms with Gasteiger partial charge in [-0.1, -0.05) is 18.2 Å². The molecule has 3 rings (SSSR count). The minimum Gasteiger partial charge on any atom is -0.462 e. The monoisotopic (exact) mass is 284 g/mol. The molecule has 1 aromatic heterocycles. The third kappa shape index (κ3) is 2.83. The highest BCUT2D eigenvalue weighted by Gasteiger charge is 2.24. The lowest BCUT2D eigenvalue weighted by molar-refractivity contribution is -0.115. The Morgan fingerprint density at radius 3 is 2.70 bits per heavy atom. The number of hydrogen-bond acceptors (Lipinski definition) is 4. The average molecular weight is 284 g/mol. The molecule has 1 fully saturated rings. The van der Waals surface area contributed by atoms with Gasteiger partial charge in [-0.15, -0.1) is 0 Å². The molecule has 2 heterocycles. The molecule has 1 saturated heterocycles. The van der Waals surface area contributed by atoms with E-state index in [0.717, 1.165) is 11.4 Å². The molecule has 20 heavy (non-hydrogen) atoms. The maximum atomic E-state index is 11.9. The number of carbonyl (C=O) groups is 1. The van der Waals surface area contributed by atoms with Crippen LogP contribution in [0.2, 0.25) is 0 Å². The number of nitrogens with zero attached hydrogens (tertiary/aromatic N) is 1. The van der Waals surface area contributed by atoms with E-state index in [1.807, 2.05) is 49.4 Å². The van der Waals surface area contributed by atoms with E-state index in [-0.39, 0.29) is 5.91 Å². The molecule has 0 bridgehead atoms. The van der Waals surface area contributed by atoms with E-state index in [2.05, 4.69) is 10.3 Å². The lowest BCUT2D eigenvalue weighted by atomic mass is 10.3. The van der Waals surface area contributed by atoms with E-state index in [0.29, 0.717) is 15.8 Å². The van der Waals surface area contributed by atoms with E-state index in [1.165, 1.54) is 11.8 Å². The number of para-hydroxylation sites is 1. The van der Waals surface area contributed by atoms with Crippen LogP contribution >= 0.6 is 11.8 Å². The van der Waals surface area contributed by atoms with Gasteiger partial charge in [0.2, 0.25) is 0 Å². The number of aliphatic imine (C=N–C) groups is 1. The Bertz CT molecular complexity index is 702. The van der Waals surface area contributed by atoms with Crippen LogP contribution in [0.15, 0.2) is 56.8 Å². The average Bonchev–Trinajstić information content (AvgIpc) is 2.98. The van der Waals surface area contributed by atoms with Crippen molar-refractivity contribution in [3.05, 3.63) is 58.9 Å². The van der Waals surface area contributed by atoms with Crippen LogP contribution in [0.25, 0.3) is 6.08 Å². The summed E-state index contributed by atoms with van der Waals surface area (Å²) in [6.45, 7) is 1.87. The second kappa shape index (κ2) is 5.38. The zero-order valence-electron chi connectivity index (χ0n) is 10.8. The summed E-state index contributed by atoms with van der Waals surface area (Å²) < 4.78 is 5.44. The normalized spacial score (nSPS) is 18.8. The second-order valence-electron chi connectivity index (χ2n) is 4.27. The Hall–Kier alpha value is -2.27. The molecule has 0 unspecified atom stereocenters. The van der Waals surface area contributed by atoms with Gasteiger partial charge in [0, 0.05) is 6.08 Å². The van der Waals surface area contributed by atoms with Gasteiger partial charge < -0.3 is 9.73 Å². The van der Waals surface area contributed by atoms with Crippen molar-refractivity contribution in [2.45, 2.75) is 6.92 Å². The number of aryl methyl sites for hydroxylation is 1. The van der Waals surface area contributed by atoms with Crippen LogP contribution in [-0.4, -0.2) is 11.1 Å². The van der Waals surface area contributed by atoms with Gasteiger partial charge in [-0.05, 0) is 43.0 Å². The van der Waals surface area contributed by atoms with Gasteiger partial charge in [0.25, 0.3) is 5.91 Å². The van der Waals surface area contributed by atoms with Crippen molar-refractivity contribution in [3.63, 3.8) is 0 Å². The number of thioether (sulfide) groups is 1. The van der Waals surface area contributed by atoms with Crippen LogP contribution in [0.1, 0.15) is 11.5 Å². The number of benzene rings is 1. The van der Waals surface area contributed by atoms with Crippen LogP contribution in [0.4, 0.5) is 5.69 Å². The SMILES string of the molecule is Cc1ccc(C=C2SC(=Nc3ccccc3)NC2=O)o1.